The van der Waals surface area contributed by atoms with E-state index in [0.717, 1.165) is 23.1 Å². The Bertz CT molecular complexity index is 589. The smallest absolute Gasteiger partial charge is 0.128 e. The summed E-state index contributed by atoms with van der Waals surface area (Å²) in [5, 5.41) is 14.7. The Labute approximate surface area is 113 Å². The molecule has 0 amide bonds. The summed E-state index contributed by atoms with van der Waals surface area (Å²) in [7, 11) is 0. The summed E-state index contributed by atoms with van der Waals surface area (Å²) in [6.45, 7) is 7.95. The lowest BCUT2D eigenvalue weighted by Gasteiger charge is -2.12. The van der Waals surface area contributed by atoms with Gasteiger partial charge in [0.15, 0.2) is 0 Å². The quantitative estimate of drug-likeness (QED) is 0.919. The van der Waals surface area contributed by atoms with Crippen LogP contribution in [0.2, 0.25) is 0 Å². The monoisotopic (exact) mass is 264 g/mol. The van der Waals surface area contributed by atoms with Gasteiger partial charge in [0.1, 0.15) is 5.82 Å². The third-order valence-corrected chi connectivity index (χ3v) is 3.56. The molecule has 19 heavy (non-hydrogen) atoms. The molecule has 104 valence electrons. The van der Waals surface area contributed by atoms with Gasteiger partial charge in [0, 0.05) is 17.1 Å². The van der Waals surface area contributed by atoms with Gasteiger partial charge in [-0.05, 0) is 30.9 Å². The van der Waals surface area contributed by atoms with Crippen molar-refractivity contribution < 1.29 is 9.50 Å². The van der Waals surface area contributed by atoms with Crippen LogP contribution in [0.25, 0.3) is 10.9 Å². The van der Waals surface area contributed by atoms with Gasteiger partial charge >= 0.3 is 0 Å². The molecule has 2 aromatic rings. The summed E-state index contributed by atoms with van der Waals surface area (Å²) in [4.78, 5) is 0. The van der Waals surface area contributed by atoms with Crippen LogP contribution in [0.4, 0.5) is 4.39 Å². The SMILES string of the molecule is CCc1c2cc(C(C)C)c(F)cc2nn1[C@@H](C)CO. The maximum Gasteiger partial charge on any atom is 0.128 e. The predicted molar refractivity (Wildman–Crippen MR) is 75.0 cm³/mol. The molecule has 4 heteroatoms. The number of rotatable bonds is 4. The van der Waals surface area contributed by atoms with E-state index < -0.39 is 0 Å². The molecule has 1 N–H and O–H groups in total. The van der Waals surface area contributed by atoms with Crippen molar-refractivity contribution in [1.82, 2.24) is 9.78 Å². The van der Waals surface area contributed by atoms with Gasteiger partial charge in [0.05, 0.1) is 18.2 Å². The standard InChI is InChI=1S/C15H21FN2O/c1-5-15-12-6-11(9(2)3)13(16)7-14(12)17-18(15)10(4)8-19/h6-7,9-10,19H,5,8H2,1-4H3/t10-/m0/s1. The Kier molecular flexibility index (Phi) is 3.90. The number of benzene rings is 1. The second kappa shape index (κ2) is 5.29. The first kappa shape index (κ1) is 14.0. The van der Waals surface area contributed by atoms with Gasteiger partial charge in [-0.2, -0.15) is 5.10 Å². The zero-order valence-electron chi connectivity index (χ0n) is 11.9. The maximum atomic E-state index is 14.0. The Morgan fingerprint density at radius 2 is 2.00 bits per heavy atom. The molecular formula is C15H21FN2O. The molecule has 1 aromatic carbocycles. The number of aryl methyl sites for hydroxylation is 1. The largest absolute Gasteiger partial charge is 0.394 e. The molecular weight excluding hydrogens is 243 g/mol. The Balaban J connectivity index is 2.70. The number of fused-ring (bicyclic) bond motifs is 1. The van der Waals surface area contributed by atoms with Crippen molar-refractivity contribution in [2.75, 3.05) is 6.61 Å². The number of hydrogen-bond donors (Lipinski definition) is 1. The molecule has 0 spiro atoms. The minimum atomic E-state index is -0.202. The summed E-state index contributed by atoms with van der Waals surface area (Å²) in [6.07, 6.45) is 0.810. The van der Waals surface area contributed by atoms with E-state index in [-0.39, 0.29) is 24.4 Å². The van der Waals surface area contributed by atoms with E-state index in [4.69, 9.17) is 0 Å². The lowest BCUT2D eigenvalue weighted by molar-refractivity contribution is 0.228. The van der Waals surface area contributed by atoms with Crippen LogP contribution in [-0.4, -0.2) is 21.5 Å². The van der Waals surface area contributed by atoms with Crippen LogP contribution >= 0.6 is 0 Å². The molecule has 0 fully saturated rings. The number of aliphatic hydroxyl groups excluding tert-OH is 1. The molecule has 0 aliphatic heterocycles. The number of halogens is 1. The summed E-state index contributed by atoms with van der Waals surface area (Å²) >= 11 is 0. The molecule has 0 aliphatic carbocycles. The van der Waals surface area contributed by atoms with Crippen molar-refractivity contribution in [1.29, 1.82) is 0 Å². The number of hydrogen-bond acceptors (Lipinski definition) is 2. The molecule has 3 nitrogen and oxygen atoms in total. The first-order valence-corrected chi connectivity index (χ1v) is 6.80. The fourth-order valence-electron chi connectivity index (χ4n) is 2.43. The lowest BCUT2D eigenvalue weighted by Crippen LogP contribution is -2.13. The zero-order chi connectivity index (χ0) is 14.2. The molecule has 0 saturated heterocycles. The minimum Gasteiger partial charge on any atom is -0.394 e. The van der Waals surface area contributed by atoms with E-state index >= 15 is 0 Å². The highest BCUT2D eigenvalue weighted by Crippen LogP contribution is 2.28. The number of nitrogens with zero attached hydrogens (tertiary/aromatic N) is 2. The van der Waals surface area contributed by atoms with E-state index in [1.54, 1.807) is 0 Å². The summed E-state index contributed by atoms with van der Waals surface area (Å²) in [6, 6.07) is 3.32. The average Bonchev–Trinajstić information content (AvgIpc) is 2.73. The molecule has 1 atom stereocenters. The van der Waals surface area contributed by atoms with E-state index in [1.807, 2.05) is 31.5 Å². The Hall–Kier alpha value is -1.42. The van der Waals surface area contributed by atoms with Gasteiger partial charge in [0.2, 0.25) is 0 Å². The van der Waals surface area contributed by atoms with Crippen molar-refractivity contribution >= 4 is 10.9 Å². The highest BCUT2D eigenvalue weighted by molar-refractivity contribution is 5.82. The van der Waals surface area contributed by atoms with E-state index in [9.17, 15) is 9.50 Å². The Morgan fingerprint density at radius 1 is 1.32 bits per heavy atom. The maximum absolute atomic E-state index is 14.0. The molecule has 0 aliphatic rings. The predicted octanol–water partition coefficient (Wildman–Crippen LogP) is 3.41. The highest BCUT2D eigenvalue weighted by atomic mass is 19.1. The fraction of sp³-hybridized carbons (Fsp3) is 0.533. The van der Waals surface area contributed by atoms with Crippen molar-refractivity contribution in [3.05, 3.63) is 29.2 Å². The molecule has 1 heterocycles. The van der Waals surface area contributed by atoms with Crippen LogP contribution in [0.3, 0.4) is 0 Å². The van der Waals surface area contributed by atoms with Gasteiger partial charge in [0.25, 0.3) is 0 Å². The fourth-order valence-corrected chi connectivity index (χ4v) is 2.43. The van der Waals surface area contributed by atoms with Gasteiger partial charge < -0.3 is 5.11 Å². The number of aliphatic hydroxyl groups is 1. The van der Waals surface area contributed by atoms with Crippen molar-refractivity contribution in [3.63, 3.8) is 0 Å². The first-order valence-electron chi connectivity index (χ1n) is 6.80. The van der Waals surface area contributed by atoms with Gasteiger partial charge in [-0.15, -0.1) is 0 Å². The van der Waals surface area contributed by atoms with Crippen molar-refractivity contribution in [3.8, 4) is 0 Å². The second-order valence-corrected chi connectivity index (χ2v) is 5.32. The summed E-state index contributed by atoms with van der Waals surface area (Å²) in [5.41, 5.74) is 2.44. The van der Waals surface area contributed by atoms with Crippen LogP contribution in [-0.2, 0) is 6.42 Å². The third kappa shape index (κ3) is 2.37. The minimum absolute atomic E-state index is 0.0283. The van der Waals surface area contributed by atoms with Crippen LogP contribution in [0.15, 0.2) is 12.1 Å². The van der Waals surface area contributed by atoms with Crippen LogP contribution in [0, 0.1) is 5.82 Å². The molecule has 0 saturated carbocycles. The molecule has 2 rings (SSSR count). The van der Waals surface area contributed by atoms with Crippen LogP contribution in [0.5, 0.6) is 0 Å². The van der Waals surface area contributed by atoms with Crippen LogP contribution < -0.4 is 0 Å². The van der Waals surface area contributed by atoms with E-state index in [1.165, 1.54) is 6.07 Å². The first-order chi connectivity index (χ1) is 8.99. The van der Waals surface area contributed by atoms with Crippen molar-refractivity contribution in [2.24, 2.45) is 0 Å². The lowest BCUT2D eigenvalue weighted by atomic mass is 10.00. The zero-order valence-corrected chi connectivity index (χ0v) is 11.9. The van der Waals surface area contributed by atoms with Gasteiger partial charge in [-0.3, -0.25) is 4.68 Å². The van der Waals surface area contributed by atoms with Crippen LogP contribution in [0.1, 0.15) is 50.9 Å². The molecule has 0 radical (unpaired) electrons. The normalized spacial score (nSPS) is 13.4. The highest BCUT2D eigenvalue weighted by Gasteiger charge is 2.17. The van der Waals surface area contributed by atoms with Gasteiger partial charge in [-0.25, -0.2) is 4.39 Å². The molecule has 0 unspecified atom stereocenters. The molecule has 1 aromatic heterocycles. The Morgan fingerprint density at radius 3 is 2.53 bits per heavy atom. The average molecular weight is 264 g/mol. The van der Waals surface area contributed by atoms with E-state index in [0.29, 0.717) is 5.52 Å². The second-order valence-electron chi connectivity index (χ2n) is 5.32. The summed E-state index contributed by atoms with van der Waals surface area (Å²) < 4.78 is 15.8. The van der Waals surface area contributed by atoms with Gasteiger partial charge in [-0.1, -0.05) is 20.8 Å². The third-order valence-electron chi connectivity index (χ3n) is 3.56. The topological polar surface area (TPSA) is 38.0 Å². The number of aromatic nitrogens is 2. The van der Waals surface area contributed by atoms with E-state index in [2.05, 4.69) is 12.0 Å². The van der Waals surface area contributed by atoms with Crippen molar-refractivity contribution in [2.45, 2.75) is 46.1 Å². The molecule has 0 bridgehead atoms. The summed E-state index contributed by atoms with van der Waals surface area (Å²) in [5.74, 6) is -0.0563.